The van der Waals surface area contributed by atoms with Crippen molar-refractivity contribution in [3.63, 3.8) is 0 Å². The van der Waals surface area contributed by atoms with Gasteiger partial charge in [0, 0.05) is 30.8 Å². The third kappa shape index (κ3) is 4.08. The van der Waals surface area contributed by atoms with Crippen LogP contribution in [0.25, 0.3) is 0 Å². The molecule has 1 aliphatic heterocycles. The van der Waals surface area contributed by atoms with E-state index in [2.05, 4.69) is 10.1 Å². The third-order valence-electron chi connectivity index (χ3n) is 4.28. The first kappa shape index (κ1) is 17.7. The molecular weight excluding hydrogens is 332 g/mol. The van der Waals surface area contributed by atoms with Gasteiger partial charge >= 0.3 is 5.97 Å². The molecule has 1 N–H and O–H groups in total. The normalized spacial score (nSPS) is 13.6. The maximum Gasteiger partial charge on any atom is 0.337 e. The number of amides is 2. The molecule has 1 aliphatic rings. The van der Waals surface area contributed by atoms with Gasteiger partial charge in [-0.3, -0.25) is 9.59 Å². The topological polar surface area (TPSA) is 75.7 Å². The van der Waals surface area contributed by atoms with Crippen LogP contribution in [0.5, 0.6) is 0 Å². The van der Waals surface area contributed by atoms with Crippen molar-refractivity contribution in [3.8, 4) is 0 Å². The van der Waals surface area contributed by atoms with Crippen LogP contribution in [0.15, 0.2) is 48.5 Å². The fourth-order valence-electron chi connectivity index (χ4n) is 2.95. The van der Waals surface area contributed by atoms with Crippen LogP contribution in [0.1, 0.15) is 39.1 Å². The summed E-state index contributed by atoms with van der Waals surface area (Å²) in [5, 5.41) is 2.78. The van der Waals surface area contributed by atoms with Crippen LogP contribution in [-0.4, -0.2) is 36.3 Å². The Kier molecular flexibility index (Phi) is 5.31. The standard InChI is InChI=1S/C20H20N2O4/c1-26-20(25)16-7-3-8-17(12-16)21-19(24)15-6-2-5-14(11-15)13-22-10-4-9-18(22)23/h2-3,5-8,11-12H,4,9-10,13H2,1H3,(H,21,24). The van der Waals surface area contributed by atoms with Gasteiger partial charge < -0.3 is 15.0 Å². The second-order valence-electron chi connectivity index (χ2n) is 6.15. The lowest BCUT2D eigenvalue weighted by Gasteiger charge is -2.16. The molecule has 0 saturated carbocycles. The molecule has 1 heterocycles. The fourth-order valence-corrected chi connectivity index (χ4v) is 2.95. The van der Waals surface area contributed by atoms with Gasteiger partial charge in [0.15, 0.2) is 0 Å². The molecule has 2 aromatic carbocycles. The Labute approximate surface area is 151 Å². The second kappa shape index (κ2) is 7.82. The maximum atomic E-state index is 12.5. The molecule has 0 bridgehead atoms. The molecule has 0 aromatic heterocycles. The van der Waals surface area contributed by atoms with E-state index in [-0.39, 0.29) is 11.8 Å². The van der Waals surface area contributed by atoms with Crippen molar-refractivity contribution < 1.29 is 19.1 Å². The van der Waals surface area contributed by atoms with E-state index in [1.54, 1.807) is 47.4 Å². The summed E-state index contributed by atoms with van der Waals surface area (Å²) in [5.74, 6) is -0.584. The lowest BCUT2D eigenvalue weighted by Crippen LogP contribution is -2.24. The predicted octanol–water partition coefficient (Wildman–Crippen LogP) is 2.85. The number of ether oxygens (including phenoxy) is 1. The molecule has 0 radical (unpaired) electrons. The number of likely N-dealkylation sites (tertiary alicyclic amines) is 1. The second-order valence-corrected chi connectivity index (χ2v) is 6.15. The maximum absolute atomic E-state index is 12.5. The SMILES string of the molecule is COC(=O)c1cccc(NC(=O)c2cccc(CN3CCCC3=O)c2)c1. The quantitative estimate of drug-likeness (QED) is 0.840. The van der Waals surface area contributed by atoms with Crippen LogP contribution in [0.4, 0.5) is 5.69 Å². The summed E-state index contributed by atoms with van der Waals surface area (Å²) in [6.07, 6.45) is 1.48. The summed E-state index contributed by atoms with van der Waals surface area (Å²) in [4.78, 5) is 37.7. The van der Waals surface area contributed by atoms with Crippen LogP contribution in [0.3, 0.4) is 0 Å². The van der Waals surface area contributed by atoms with E-state index < -0.39 is 5.97 Å². The molecule has 1 fully saturated rings. The van der Waals surface area contributed by atoms with Crippen LogP contribution in [0, 0.1) is 0 Å². The average molecular weight is 352 g/mol. The number of methoxy groups -OCH3 is 1. The van der Waals surface area contributed by atoms with Gasteiger partial charge in [0.1, 0.15) is 0 Å². The Balaban J connectivity index is 1.71. The fraction of sp³-hybridized carbons (Fsp3) is 0.250. The molecule has 6 nitrogen and oxygen atoms in total. The van der Waals surface area contributed by atoms with Crippen LogP contribution < -0.4 is 5.32 Å². The summed E-state index contributed by atoms with van der Waals surface area (Å²) < 4.78 is 4.68. The summed E-state index contributed by atoms with van der Waals surface area (Å²) in [6.45, 7) is 1.27. The number of anilines is 1. The smallest absolute Gasteiger partial charge is 0.337 e. The Hall–Kier alpha value is -3.15. The van der Waals surface area contributed by atoms with Gasteiger partial charge in [-0.05, 0) is 42.3 Å². The zero-order valence-corrected chi connectivity index (χ0v) is 14.5. The largest absolute Gasteiger partial charge is 0.465 e. The van der Waals surface area contributed by atoms with Gasteiger partial charge in [-0.2, -0.15) is 0 Å². The summed E-state index contributed by atoms with van der Waals surface area (Å²) >= 11 is 0. The van der Waals surface area contributed by atoms with Crippen molar-refractivity contribution in [2.24, 2.45) is 0 Å². The number of esters is 1. The number of nitrogens with zero attached hydrogens (tertiary/aromatic N) is 1. The first-order chi connectivity index (χ1) is 12.6. The summed E-state index contributed by atoms with van der Waals surface area (Å²) in [7, 11) is 1.31. The van der Waals surface area contributed by atoms with Crippen molar-refractivity contribution in [1.29, 1.82) is 0 Å². The highest BCUT2D eigenvalue weighted by Gasteiger charge is 2.20. The zero-order chi connectivity index (χ0) is 18.5. The molecule has 2 aromatic rings. The summed E-state index contributed by atoms with van der Waals surface area (Å²) in [5.41, 5.74) is 2.29. The number of carbonyl (C=O) groups excluding carboxylic acids is 3. The van der Waals surface area contributed by atoms with Crippen molar-refractivity contribution >= 4 is 23.5 Å². The number of benzene rings is 2. The highest BCUT2D eigenvalue weighted by molar-refractivity contribution is 6.05. The highest BCUT2D eigenvalue weighted by atomic mass is 16.5. The minimum atomic E-state index is -0.460. The van der Waals surface area contributed by atoms with Gasteiger partial charge in [-0.15, -0.1) is 0 Å². The molecule has 26 heavy (non-hydrogen) atoms. The van der Waals surface area contributed by atoms with E-state index in [0.717, 1.165) is 18.5 Å². The molecule has 0 unspecified atom stereocenters. The average Bonchev–Trinajstić information content (AvgIpc) is 3.06. The molecule has 0 atom stereocenters. The molecule has 6 heteroatoms. The third-order valence-corrected chi connectivity index (χ3v) is 4.28. The molecule has 1 saturated heterocycles. The minimum Gasteiger partial charge on any atom is -0.465 e. The first-order valence-electron chi connectivity index (χ1n) is 8.43. The number of carbonyl (C=O) groups is 3. The molecular formula is C20H20N2O4. The van der Waals surface area contributed by atoms with E-state index in [1.807, 2.05) is 6.07 Å². The number of nitrogens with one attached hydrogen (secondary N) is 1. The van der Waals surface area contributed by atoms with Crippen LogP contribution in [0.2, 0.25) is 0 Å². The highest BCUT2D eigenvalue weighted by Crippen LogP contribution is 2.17. The Bertz CT molecular complexity index is 847. The lowest BCUT2D eigenvalue weighted by atomic mass is 10.1. The molecule has 0 spiro atoms. The van der Waals surface area contributed by atoms with Gasteiger partial charge in [0.2, 0.25) is 5.91 Å². The van der Waals surface area contributed by atoms with Gasteiger partial charge in [0.25, 0.3) is 5.91 Å². The number of hydrogen-bond acceptors (Lipinski definition) is 4. The van der Waals surface area contributed by atoms with Crippen LogP contribution in [-0.2, 0) is 16.1 Å². The predicted molar refractivity (Wildman–Crippen MR) is 96.8 cm³/mol. The van der Waals surface area contributed by atoms with E-state index >= 15 is 0 Å². The molecule has 3 rings (SSSR count). The molecule has 2 amide bonds. The Morgan fingerprint density at radius 2 is 1.88 bits per heavy atom. The van der Waals surface area contributed by atoms with E-state index in [0.29, 0.717) is 29.8 Å². The summed E-state index contributed by atoms with van der Waals surface area (Å²) in [6, 6.07) is 13.8. The van der Waals surface area contributed by atoms with Crippen molar-refractivity contribution in [2.45, 2.75) is 19.4 Å². The van der Waals surface area contributed by atoms with Gasteiger partial charge in [-0.25, -0.2) is 4.79 Å². The molecule has 134 valence electrons. The van der Waals surface area contributed by atoms with E-state index in [4.69, 9.17) is 0 Å². The van der Waals surface area contributed by atoms with Crippen molar-refractivity contribution in [3.05, 3.63) is 65.2 Å². The lowest BCUT2D eigenvalue weighted by molar-refractivity contribution is -0.128. The first-order valence-corrected chi connectivity index (χ1v) is 8.43. The van der Waals surface area contributed by atoms with Gasteiger partial charge in [0.05, 0.1) is 12.7 Å². The van der Waals surface area contributed by atoms with E-state index in [9.17, 15) is 14.4 Å². The minimum absolute atomic E-state index is 0.152. The zero-order valence-electron chi connectivity index (χ0n) is 14.5. The number of rotatable bonds is 5. The number of hydrogen-bond donors (Lipinski definition) is 1. The Morgan fingerprint density at radius 3 is 2.62 bits per heavy atom. The van der Waals surface area contributed by atoms with Crippen LogP contribution >= 0.6 is 0 Å². The Morgan fingerprint density at radius 1 is 1.12 bits per heavy atom. The van der Waals surface area contributed by atoms with E-state index in [1.165, 1.54) is 7.11 Å². The van der Waals surface area contributed by atoms with Crippen molar-refractivity contribution in [1.82, 2.24) is 4.90 Å². The monoisotopic (exact) mass is 352 g/mol. The van der Waals surface area contributed by atoms with Gasteiger partial charge in [-0.1, -0.05) is 18.2 Å². The molecule has 0 aliphatic carbocycles. The van der Waals surface area contributed by atoms with Crippen molar-refractivity contribution in [2.75, 3.05) is 19.0 Å².